The van der Waals surface area contributed by atoms with Crippen LogP contribution in [0.4, 0.5) is 0 Å². The molecule has 3 rings (SSSR count). The van der Waals surface area contributed by atoms with Crippen LogP contribution in [0, 0.1) is 17.8 Å². The van der Waals surface area contributed by atoms with E-state index in [0.29, 0.717) is 23.9 Å². The summed E-state index contributed by atoms with van der Waals surface area (Å²) in [5, 5.41) is 3.37. The van der Waals surface area contributed by atoms with Crippen molar-refractivity contribution >= 4 is 17.7 Å². The molecule has 1 amide bonds. The van der Waals surface area contributed by atoms with Gasteiger partial charge in [0.05, 0.1) is 0 Å². The van der Waals surface area contributed by atoms with Gasteiger partial charge in [0.1, 0.15) is 0 Å². The fourth-order valence-corrected chi connectivity index (χ4v) is 5.09. The molecule has 0 aliphatic heterocycles. The fourth-order valence-electron chi connectivity index (χ4n) is 4.14. The molecule has 2 saturated carbocycles. The van der Waals surface area contributed by atoms with Crippen LogP contribution in [-0.4, -0.2) is 23.7 Å². The normalized spacial score (nSPS) is 31.4. The summed E-state index contributed by atoms with van der Waals surface area (Å²) in [5.41, 5.74) is 6.17. The zero-order valence-corrected chi connectivity index (χ0v) is 14.7. The predicted molar refractivity (Wildman–Crippen MR) is 96.3 cm³/mol. The third-order valence-electron chi connectivity index (χ3n) is 5.38. The second kappa shape index (κ2) is 7.71. The minimum absolute atomic E-state index is 0.0385. The van der Waals surface area contributed by atoms with Crippen molar-refractivity contribution < 1.29 is 4.79 Å². The largest absolute Gasteiger partial charge is 0.353 e. The number of hydrogen-bond donors (Lipinski definition) is 2. The minimum atomic E-state index is 0.0385. The molecule has 3 N–H and O–H groups in total. The number of amides is 1. The van der Waals surface area contributed by atoms with Gasteiger partial charge >= 0.3 is 0 Å². The summed E-state index contributed by atoms with van der Waals surface area (Å²) in [7, 11) is 0. The van der Waals surface area contributed by atoms with Crippen molar-refractivity contribution in [1.29, 1.82) is 0 Å². The summed E-state index contributed by atoms with van der Waals surface area (Å²) in [6.07, 6.45) is 5.90. The maximum absolute atomic E-state index is 12.6. The number of carbonyl (C=O) groups is 1. The Morgan fingerprint density at radius 1 is 1.26 bits per heavy atom. The van der Waals surface area contributed by atoms with Gasteiger partial charge in [-0.3, -0.25) is 4.79 Å². The molecule has 2 aliphatic rings. The number of hydrogen-bond acceptors (Lipinski definition) is 3. The van der Waals surface area contributed by atoms with Crippen LogP contribution in [0.1, 0.15) is 39.0 Å². The monoisotopic (exact) mass is 332 g/mol. The van der Waals surface area contributed by atoms with Gasteiger partial charge in [0.15, 0.2) is 0 Å². The molecule has 126 valence electrons. The van der Waals surface area contributed by atoms with Crippen LogP contribution in [-0.2, 0) is 4.79 Å². The van der Waals surface area contributed by atoms with Gasteiger partial charge in [0.25, 0.3) is 0 Å². The number of fused-ring (bicyclic) bond motifs is 2. The highest BCUT2D eigenvalue weighted by Gasteiger charge is 2.40. The molecule has 1 aromatic rings. The van der Waals surface area contributed by atoms with Crippen LogP contribution < -0.4 is 11.1 Å². The van der Waals surface area contributed by atoms with Gasteiger partial charge in [-0.2, -0.15) is 0 Å². The van der Waals surface area contributed by atoms with Crippen molar-refractivity contribution in [2.45, 2.75) is 56.0 Å². The maximum Gasteiger partial charge on any atom is 0.223 e. The van der Waals surface area contributed by atoms with Gasteiger partial charge in [0.2, 0.25) is 5.91 Å². The molecule has 2 fully saturated rings. The van der Waals surface area contributed by atoms with Crippen molar-refractivity contribution in [2.24, 2.45) is 23.5 Å². The lowest BCUT2D eigenvalue weighted by molar-refractivity contribution is -0.126. The van der Waals surface area contributed by atoms with E-state index in [1.54, 1.807) is 11.8 Å². The van der Waals surface area contributed by atoms with E-state index in [4.69, 9.17) is 5.73 Å². The molecular formula is C19H28N2OS. The molecule has 2 aliphatic carbocycles. The first-order chi connectivity index (χ1) is 11.1. The topological polar surface area (TPSA) is 55.1 Å². The summed E-state index contributed by atoms with van der Waals surface area (Å²) < 4.78 is 0. The van der Waals surface area contributed by atoms with E-state index in [1.807, 2.05) is 25.1 Å². The second-order valence-electron chi connectivity index (χ2n) is 7.24. The molecule has 3 atom stereocenters. The highest BCUT2D eigenvalue weighted by Crippen LogP contribution is 2.39. The van der Waals surface area contributed by atoms with Crippen molar-refractivity contribution in [1.82, 2.24) is 5.32 Å². The van der Waals surface area contributed by atoms with E-state index >= 15 is 0 Å². The fraction of sp³-hybridized carbons (Fsp3) is 0.632. The van der Waals surface area contributed by atoms with Gasteiger partial charge in [-0.05, 0) is 49.7 Å². The predicted octanol–water partition coefficient (Wildman–Crippen LogP) is 3.44. The standard InChI is InChI=1S/C19H28N2OS/c1-13(12-23-17-8-3-2-4-9-17)19(22)21-18-14-6-5-7-15(18)11-16(20)10-14/h2-4,8-9,13-16,18H,5-7,10-12,20H2,1H3,(H,21,22). The molecule has 0 radical (unpaired) electrons. The highest BCUT2D eigenvalue weighted by molar-refractivity contribution is 7.99. The summed E-state index contributed by atoms with van der Waals surface area (Å²) in [6, 6.07) is 11.0. The van der Waals surface area contributed by atoms with Crippen LogP contribution in [0.3, 0.4) is 0 Å². The highest BCUT2D eigenvalue weighted by atomic mass is 32.2. The Morgan fingerprint density at radius 3 is 2.57 bits per heavy atom. The third kappa shape index (κ3) is 4.30. The number of nitrogens with two attached hydrogens (primary N) is 1. The molecule has 0 heterocycles. The van der Waals surface area contributed by atoms with E-state index in [-0.39, 0.29) is 11.8 Å². The quantitative estimate of drug-likeness (QED) is 0.812. The first-order valence-electron chi connectivity index (χ1n) is 8.87. The summed E-state index contributed by atoms with van der Waals surface area (Å²) in [6.45, 7) is 2.04. The lowest BCUT2D eigenvalue weighted by Gasteiger charge is -2.45. The molecule has 0 saturated heterocycles. The Morgan fingerprint density at radius 2 is 1.91 bits per heavy atom. The average molecular weight is 333 g/mol. The second-order valence-corrected chi connectivity index (χ2v) is 8.34. The number of benzene rings is 1. The van der Waals surface area contributed by atoms with Crippen LogP contribution in [0.2, 0.25) is 0 Å². The van der Waals surface area contributed by atoms with Gasteiger partial charge in [-0.25, -0.2) is 0 Å². The molecule has 23 heavy (non-hydrogen) atoms. The van der Waals surface area contributed by atoms with E-state index < -0.39 is 0 Å². The van der Waals surface area contributed by atoms with Crippen molar-refractivity contribution in [3.05, 3.63) is 30.3 Å². The molecular weight excluding hydrogens is 304 g/mol. The van der Waals surface area contributed by atoms with Crippen molar-refractivity contribution in [3.63, 3.8) is 0 Å². The van der Waals surface area contributed by atoms with Crippen molar-refractivity contribution in [2.75, 3.05) is 5.75 Å². The van der Waals surface area contributed by atoms with Gasteiger partial charge in [0, 0.05) is 28.6 Å². The first kappa shape index (κ1) is 16.8. The van der Waals surface area contributed by atoms with Crippen LogP contribution >= 0.6 is 11.8 Å². The molecule has 0 spiro atoms. The van der Waals surface area contributed by atoms with Crippen LogP contribution in [0.15, 0.2) is 35.2 Å². The number of nitrogens with one attached hydrogen (secondary N) is 1. The summed E-state index contributed by atoms with van der Waals surface area (Å²) in [5.74, 6) is 2.27. The molecule has 1 aromatic carbocycles. The summed E-state index contributed by atoms with van der Waals surface area (Å²) >= 11 is 1.76. The zero-order chi connectivity index (χ0) is 16.2. The number of thioether (sulfide) groups is 1. The Hall–Kier alpha value is -1.00. The van der Waals surface area contributed by atoms with E-state index in [2.05, 4.69) is 17.4 Å². The molecule has 3 unspecified atom stereocenters. The Balaban J connectivity index is 1.52. The van der Waals surface area contributed by atoms with Crippen LogP contribution in [0.25, 0.3) is 0 Å². The lowest BCUT2D eigenvalue weighted by atomic mass is 9.67. The molecule has 4 heteroatoms. The minimum Gasteiger partial charge on any atom is -0.353 e. The Bertz CT molecular complexity index is 507. The SMILES string of the molecule is CC(CSc1ccccc1)C(=O)NC1C2CCCC1CC(N)C2. The maximum atomic E-state index is 12.6. The van der Waals surface area contributed by atoms with E-state index in [0.717, 1.165) is 18.6 Å². The molecule has 2 bridgehead atoms. The van der Waals surface area contributed by atoms with E-state index in [9.17, 15) is 4.79 Å². The third-order valence-corrected chi connectivity index (χ3v) is 6.65. The number of carbonyl (C=O) groups excluding carboxylic acids is 1. The molecule has 0 aromatic heterocycles. The summed E-state index contributed by atoms with van der Waals surface area (Å²) in [4.78, 5) is 13.8. The lowest BCUT2D eigenvalue weighted by Crippen LogP contribution is -2.54. The zero-order valence-electron chi connectivity index (χ0n) is 13.9. The van der Waals surface area contributed by atoms with Gasteiger partial charge in [-0.15, -0.1) is 11.8 Å². The van der Waals surface area contributed by atoms with E-state index in [1.165, 1.54) is 24.2 Å². The number of rotatable bonds is 5. The van der Waals surface area contributed by atoms with Crippen molar-refractivity contribution in [3.8, 4) is 0 Å². The molecule has 3 nitrogen and oxygen atoms in total. The van der Waals surface area contributed by atoms with Gasteiger partial charge < -0.3 is 11.1 Å². The Kier molecular flexibility index (Phi) is 5.65. The first-order valence-corrected chi connectivity index (χ1v) is 9.86. The van der Waals surface area contributed by atoms with Crippen LogP contribution in [0.5, 0.6) is 0 Å². The Labute approximate surface area is 143 Å². The smallest absolute Gasteiger partial charge is 0.223 e. The average Bonchev–Trinajstić information content (AvgIpc) is 2.54. The van der Waals surface area contributed by atoms with Gasteiger partial charge in [-0.1, -0.05) is 31.5 Å².